The predicted molar refractivity (Wildman–Crippen MR) is 72.3 cm³/mol. The third-order valence-electron chi connectivity index (χ3n) is 3.96. The van der Waals surface area contributed by atoms with E-state index in [0.717, 1.165) is 6.42 Å². The Labute approximate surface area is 113 Å². The molecule has 4 heteroatoms. The lowest BCUT2D eigenvalue weighted by Crippen LogP contribution is -2.40. The number of nitrogens with zero attached hydrogens (tertiary/aromatic N) is 1. The summed E-state index contributed by atoms with van der Waals surface area (Å²) in [6.45, 7) is 2.09. The molecule has 1 aliphatic rings. The fourth-order valence-corrected chi connectivity index (χ4v) is 2.89. The van der Waals surface area contributed by atoms with Crippen LogP contribution in [0.25, 0.3) is 0 Å². The zero-order chi connectivity index (χ0) is 13.7. The molecule has 0 saturated heterocycles. The third-order valence-corrected chi connectivity index (χ3v) is 3.96. The van der Waals surface area contributed by atoms with Crippen molar-refractivity contribution >= 4 is 5.91 Å². The van der Waals surface area contributed by atoms with Crippen LogP contribution in [0.4, 0.5) is 4.39 Å². The van der Waals surface area contributed by atoms with E-state index in [1.807, 2.05) is 0 Å². The molecule has 2 rings (SSSR count). The highest BCUT2D eigenvalue weighted by Crippen LogP contribution is 2.27. The van der Waals surface area contributed by atoms with Crippen LogP contribution in [0, 0.1) is 11.9 Å². The van der Waals surface area contributed by atoms with E-state index in [2.05, 4.69) is 17.2 Å². The van der Waals surface area contributed by atoms with E-state index in [1.165, 1.54) is 44.4 Å². The van der Waals surface area contributed by atoms with Gasteiger partial charge in [0.1, 0.15) is 0 Å². The summed E-state index contributed by atoms with van der Waals surface area (Å²) in [7, 11) is 0. The summed E-state index contributed by atoms with van der Waals surface area (Å²) in [6.07, 6.45) is 8.42. The molecule has 0 aromatic carbocycles. The molecule has 1 aromatic heterocycles. The van der Waals surface area contributed by atoms with Gasteiger partial charge >= 0.3 is 0 Å². The first-order valence-electron chi connectivity index (χ1n) is 7.13. The standard InChI is InChI=1S/C15H21FN2O/c1-2-13(11-6-4-3-5-7-11)18-15(19)12-8-9-17-14(16)10-12/h8-11,13H,2-7H2,1H3,(H,18,19). The summed E-state index contributed by atoms with van der Waals surface area (Å²) in [5, 5.41) is 3.05. The molecule has 0 aliphatic heterocycles. The molecule has 1 unspecified atom stereocenters. The fraction of sp³-hybridized carbons (Fsp3) is 0.600. The Hall–Kier alpha value is -1.45. The van der Waals surface area contributed by atoms with Crippen LogP contribution in [-0.2, 0) is 0 Å². The first kappa shape index (κ1) is 14.0. The van der Waals surface area contributed by atoms with Crippen LogP contribution in [-0.4, -0.2) is 16.9 Å². The quantitative estimate of drug-likeness (QED) is 0.848. The molecular weight excluding hydrogens is 243 g/mol. The van der Waals surface area contributed by atoms with Crippen molar-refractivity contribution in [2.24, 2.45) is 5.92 Å². The molecular formula is C15H21FN2O. The third kappa shape index (κ3) is 3.75. The Bertz CT molecular complexity index is 430. The van der Waals surface area contributed by atoms with E-state index in [-0.39, 0.29) is 11.9 Å². The summed E-state index contributed by atoms with van der Waals surface area (Å²) in [6, 6.07) is 2.93. The van der Waals surface area contributed by atoms with Gasteiger partial charge in [0, 0.05) is 23.9 Å². The highest BCUT2D eigenvalue weighted by Gasteiger charge is 2.24. The number of hydrogen-bond acceptors (Lipinski definition) is 2. The molecule has 1 amide bonds. The molecule has 1 saturated carbocycles. The van der Waals surface area contributed by atoms with Gasteiger partial charge in [-0.05, 0) is 31.2 Å². The summed E-state index contributed by atoms with van der Waals surface area (Å²) in [5.41, 5.74) is 0.349. The number of rotatable bonds is 4. The van der Waals surface area contributed by atoms with Crippen molar-refractivity contribution in [2.45, 2.75) is 51.5 Å². The van der Waals surface area contributed by atoms with Crippen LogP contribution >= 0.6 is 0 Å². The minimum atomic E-state index is -0.613. The normalized spacial score (nSPS) is 18.0. The lowest BCUT2D eigenvalue weighted by Gasteiger charge is -2.30. The van der Waals surface area contributed by atoms with E-state index in [9.17, 15) is 9.18 Å². The van der Waals surface area contributed by atoms with E-state index >= 15 is 0 Å². The molecule has 0 spiro atoms. The SMILES string of the molecule is CCC(NC(=O)c1ccnc(F)c1)C1CCCCC1. The first-order chi connectivity index (χ1) is 9.20. The van der Waals surface area contributed by atoms with Gasteiger partial charge in [0.2, 0.25) is 5.95 Å². The molecule has 1 atom stereocenters. The number of hydrogen-bond donors (Lipinski definition) is 1. The monoisotopic (exact) mass is 264 g/mol. The van der Waals surface area contributed by atoms with Gasteiger partial charge in [0.05, 0.1) is 0 Å². The van der Waals surface area contributed by atoms with Crippen molar-refractivity contribution in [3.8, 4) is 0 Å². The van der Waals surface area contributed by atoms with Crippen molar-refractivity contribution in [1.82, 2.24) is 10.3 Å². The molecule has 1 aliphatic carbocycles. The molecule has 0 bridgehead atoms. The maximum atomic E-state index is 13.0. The largest absolute Gasteiger partial charge is 0.349 e. The Kier molecular flexibility index (Phi) is 4.88. The van der Waals surface area contributed by atoms with Crippen molar-refractivity contribution in [2.75, 3.05) is 0 Å². The van der Waals surface area contributed by atoms with Crippen LogP contribution in [0.5, 0.6) is 0 Å². The summed E-state index contributed by atoms with van der Waals surface area (Å²) in [5.74, 6) is -0.244. The van der Waals surface area contributed by atoms with Gasteiger partial charge in [-0.15, -0.1) is 0 Å². The van der Waals surface area contributed by atoms with Gasteiger partial charge in [-0.3, -0.25) is 4.79 Å². The fourth-order valence-electron chi connectivity index (χ4n) is 2.89. The molecule has 0 radical (unpaired) electrons. The molecule has 1 aromatic rings. The Morgan fingerprint density at radius 1 is 1.47 bits per heavy atom. The second-order valence-electron chi connectivity index (χ2n) is 5.25. The second-order valence-corrected chi connectivity index (χ2v) is 5.25. The van der Waals surface area contributed by atoms with Crippen LogP contribution in [0.1, 0.15) is 55.8 Å². The van der Waals surface area contributed by atoms with E-state index in [0.29, 0.717) is 11.5 Å². The van der Waals surface area contributed by atoms with E-state index in [4.69, 9.17) is 0 Å². The number of halogens is 1. The Balaban J connectivity index is 1.99. The Morgan fingerprint density at radius 2 is 2.21 bits per heavy atom. The molecule has 3 nitrogen and oxygen atoms in total. The number of amides is 1. The summed E-state index contributed by atoms with van der Waals surface area (Å²) >= 11 is 0. The van der Waals surface area contributed by atoms with E-state index in [1.54, 1.807) is 6.07 Å². The number of carbonyl (C=O) groups is 1. The van der Waals surface area contributed by atoms with Gasteiger partial charge in [0.15, 0.2) is 0 Å². The number of aromatic nitrogens is 1. The summed E-state index contributed by atoms with van der Waals surface area (Å²) < 4.78 is 13.0. The topological polar surface area (TPSA) is 42.0 Å². The van der Waals surface area contributed by atoms with Crippen molar-refractivity contribution in [3.63, 3.8) is 0 Å². The van der Waals surface area contributed by atoms with Gasteiger partial charge in [-0.25, -0.2) is 4.98 Å². The lowest BCUT2D eigenvalue weighted by atomic mass is 9.83. The zero-order valence-electron chi connectivity index (χ0n) is 11.4. The van der Waals surface area contributed by atoms with Crippen LogP contribution in [0.3, 0.4) is 0 Å². The molecule has 19 heavy (non-hydrogen) atoms. The minimum absolute atomic E-state index is 0.196. The lowest BCUT2D eigenvalue weighted by molar-refractivity contribution is 0.0910. The first-order valence-corrected chi connectivity index (χ1v) is 7.13. The second kappa shape index (κ2) is 6.64. The maximum absolute atomic E-state index is 13.0. The molecule has 1 fully saturated rings. The molecule has 1 heterocycles. The highest BCUT2D eigenvalue weighted by atomic mass is 19.1. The average molecular weight is 264 g/mol. The van der Waals surface area contributed by atoms with Crippen molar-refractivity contribution in [3.05, 3.63) is 29.8 Å². The maximum Gasteiger partial charge on any atom is 0.251 e. The van der Waals surface area contributed by atoms with Gasteiger partial charge in [-0.1, -0.05) is 26.2 Å². The zero-order valence-corrected chi connectivity index (χ0v) is 11.4. The molecule has 104 valence electrons. The smallest absolute Gasteiger partial charge is 0.251 e. The van der Waals surface area contributed by atoms with Crippen molar-refractivity contribution < 1.29 is 9.18 Å². The highest BCUT2D eigenvalue weighted by molar-refractivity contribution is 5.94. The summed E-state index contributed by atoms with van der Waals surface area (Å²) in [4.78, 5) is 15.6. The van der Waals surface area contributed by atoms with Gasteiger partial charge < -0.3 is 5.32 Å². The van der Waals surface area contributed by atoms with Gasteiger partial charge in [0.25, 0.3) is 5.91 Å². The Morgan fingerprint density at radius 3 is 2.84 bits per heavy atom. The number of carbonyl (C=O) groups excluding carboxylic acids is 1. The van der Waals surface area contributed by atoms with Crippen molar-refractivity contribution in [1.29, 1.82) is 0 Å². The van der Waals surface area contributed by atoms with Crippen LogP contribution in [0.15, 0.2) is 18.3 Å². The van der Waals surface area contributed by atoms with Crippen LogP contribution in [0.2, 0.25) is 0 Å². The number of nitrogens with one attached hydrogen (secondary N) is 1. The minimum Gasteiger partial charge on any atom is -0.349 e. The van der Waals surface area contributed by atoms with Gasteiger partial charge in [-0.2, -0.15) is 4.39 Å². The molecule has 1 N–H and O–H groups in total. The number of pyridine rings is 1. The van der Waals surface area contributed by atoms with E-state index < -0.39 is 5.95 Å². The van der Waals surface area contributed by atoms with Crippen LogP contribution < -0.4 is 5.32 Å². The predicted octanol–water partition coefficient (Wildman–Crippen LogP) is 3.31. The average Bonchev–Trinajstić information content (AvgIpc) is 2.45.